The average molecular weight is 442 g/mol. The van der Waals surface area contributed by atoms with Crippen LogP contribution in [0.15, 0.2) is 41.2 Å². The molecule has 3 aliphatic heterocycles. The molecule has 7 nitrogen and oxygen atoms in total. The molecular weight excluding hydrogens is 409 g/mol. The number of fused-ring (bicyclic) bond motifs is 4. The van der Waals surface area contributed by atoms with Gasteiger partial charge in [-0.25, -0.2) is 9.18 Å². The van der Waals surface area contributed by atoms with E-state index >= 15 is 0 Å². The average Bonchev–Trinajstić information content (AvgIpc) is 2.76. The molecule has 2 fully saturated rings. The van der Waals surface area contributed by atoms with Gasteiger partial charge in [0.2, 0.25) is 0 Å². The molecule has 4 heterocycles. The van der Waals surface area contributed by atoms with Crippen molar-refractivity contribution in [1.82, 2.24) is 4.57 Å². The summed E-state index contributed by atoms with van der Waals surface area (Å²) in [6, 6.07) is 9.58. The molecule has 8 heteroatoms. The van der Waals surface area contributed by atoms with Crippen LogP contribution in [-0.4, -0.2) is 49.9 Å². The Morgan fingerprint density at radius 2 is 1.94 bits per heavy atom. The third-order valence-electron chi connectivity index (χ3n) is 7.49. The molecule has 0 saturated carbocycles. The van der Waals surface area contributed by atoms with Crippen LogP contribution in [0.3, 0.4) is 0 Å². The highest BCUT2D eigenvalue weighted by Crippen LogP contribution is 2.31. The molecule has 0 radical (unpaired) electrons. The number of pyridine rings is 1. The number of nitrogens with zero attached hydrogens (tertiary/aromatic N) is 1. The summed E-state index contributed by atoms with van der Waals surface area (Å²) < 4.78 is 15.2. The van der Waals surface area contributed by atoms with Gasteiger partial charge in [-0.3, -0.25) is 4.79 Å². The van der Waals surface area contributed by atoms with E-state index in [1.807, 2.05) is 10.6 Å². The zero-order valence-electron chi connectivity index (χ0n) is 18.5. The number of rotatable bonds is 3. The normalized spacial score (nSPS) is 29.1. The monoisotopic (exact) mass is 441 g/mol. The smallest absolute Gasteiger partial charge is 0.323 e. The van der Waals surface area contributed by atoms with E-state index in [1.54, 1.807) is 21.9 Å². The molecule has 3 atom stereocenters. The van der Waals surface area contributed by atoms with Crippen LogP contribution in [0.1, 0.15) is 30.9 Å². The van der Waals surface area contributed by atoms with Crippen molar-refractivity contribution in [1.29, 1.82) is 0 Å². The zero-order valence-corrected chi connectivity index (χ0v) is 18.5. The first-order valence-corrected chi connectivity index (χ1v) is 11.7. The number of hydrogen-bond acceptors (Lipinski definition) is 2. The van der Waals surface area contributed by atoms with Crippen LogP contribution in [0.25, 0.3) is 0 Å². The Labute approximate surface area is 187 Å². The first kappa shape index (κ1) is 21.2. The van der Waals surface area contributed by atoms with E-state index in [1.165, 1.54) is 44.1 Å². The summed E-state index contributed by atoms with van der Waals surface area (Å²) >= 11 is 0. The second-order valence-corrected chi connectivity index (χ2v) is 9.77. The van der Waals surface area contributed by atoms with Gasteiger partial charge >= 0.3 is 6.03 Å². The summed E-state index contributed by atoms with van der Waals surface area (Å²) in [5.74, 6) is 0.463. The van der Waals surface area contributed by atoms with Crippen molar-refractivity contribution in [2.24, 2.45) is 5.92 Å². The molecule has 1 aromatic carbocycles. The Morgan fingerprint density at radius 1 is 1.12 bits per heavy atom. The number of quaternary nitrogens is 2. The van der Waals surface area contributed by atoms with Crippen molar-refractivity contribution < 1.29 is 19.0 Å². The van der Waals surface area contributed by atoms with Gasteiger partial charge in [0.15, 0.2) is 0 Å². The standard InChI is InChI=1S/C24H30FN5O2/c1-28-9-7-20(8-10-28)29-13-16-11-17(15-29)22-6-5-21(23(31)30(22)14-16)27-24(32)26-19-4-2-3-18(25)12-19/h2-6,12,16-17,20H,7-11,13-15H2,1H3,(H2,26,27,32)/p+2/t16-,17+/m0/s1. The van der Waals surface area contributed by atoms with Crippen molar-refractivity contribution >= 4 is 17.4 Å². The minimum absolute atomic E-state index is 0.155. The van der Waals surface area contributed by atoms with Crippen LogP contribution in [0, 0.1) is 11.7 Å². The van der Waals surface area contributed by atoms with Crippen LogP contribution in [0.4, 0.5) is 20.6 Å². The van der Waals surface area contributed by atoms with Gasteiger partial charge in [0.25, 0.3) is 5.56 Å². The van der Waals surface area contributed by atoms with Crippen LogP contribution in [-0.2, 0) is 6.54 Å². The highest BCUT2D eigenvalue weighted by Gasteiger charge is 2.41. The summed E-state index contributed by atoms with van der Waals surface area (Å²) in [4.78, 5) is 28.9. The van der Waals surface area contributed by atoms with Crippen LogP contribution in [0.2, 0.25) is 0 Å². The summed E-state index contributed by atoms with van der Waals surface area (Å²) in [6.07, 6.45) is 3.72. The molecule has 0 aliphatic carbocycles. The van der Waals surface area contributed by atoms with Crippen LogP contribution in [0.5, 0.6) is 0 Å². The quantitative estimate of drug-likeness (QED) is 0.554. The Bertz CT molecular complexity index is 1060. The number of piperidine rings is 2. The van der Waals surface area contributed by atoms with E-state index in [0.717, 1.165) is 31.2 Å². The summed E-state index contributed by atoms with van der Waals surface area (Å²) in [5, 5.41) is 5.23. The zero-order chi connectivity index (χ0) is 22.2. The summed E-state index contributed by atoms with van der Waals surface area (Å²) in [7, 11) is 2.28. The number of likely N-dealkylation sites (tertiary alicyclic amines) is 2. The van der Waals surface area contributed by atoms with E-state index in [9.17, 15) is 14.0 Å². The number of nitrogens with one attached hydrogen (secondary N) is 4. The van der Waals surface area contributed by atoms with Crippen molar-refractivity contribution in [2.45, 2.75) is 37.8 Å². The molecule has 2 amide bonds. The molecule has 1 unspecified atom stereocenters. The summed E-state index contributed by atoms with van der Waals surface area (Å²) in [6.45, 7) is 5.45. The number of anilines is 2. The maximum Gasteiger partial charge on any atom is 0.323 e. The van der Waals surface area contributed by atoms with Crippen molar-refractivity contribution in [3.8, 4) is 0 Å². The second-order valence-electron chi connectivity index (χ2n) is 9.77. The predicted molar refractivity (Wildman–Crippen MR) is 121 cm³/mol. The molecular formula is C24H32FN5O2+2. The lowest BCUT2D eigenvalue weighted by Gasteiger charge is -2.44. The maximum atomic E-state index is 13.3. The van der Waals surface area contributed by atoms with E-state index < -0.39 is 11.8 Å². The number of carbonyl (C=O) groups is 1. The maximum absolute atomic E-state index is 13.3. The molecule has 5 rings (SSSR count). The van der Waals surface area contributed by atoms with E-state index in [-0.39, 0.29) is 11.2 Å². The number of aromatic nitrogens is 1. The van der Waals surface area contributed by atoms with Gasteiger partial charge in [0, 0.05) is 42.6 Å². The SMILES string of the molecule is C[NH+]1CCC([NH+]2C[C@@H]3C[C@H](C2)c2ccc(NC(=O)Nc4cccc(F)c4)c(=O)n2C3)CC1. The molecule has 1 aromatic heterocycles. The van der Waals surface area contributed by atoms with Crippen LogP contribution >= 0.6 is 0 Å². The van der Waals surface area contributed by atoms with Crippen molar-refractivity contribution in [2.75, 3.05) is 43.9 Å². The molecule has 3 aliphatic rings. The Morgan fingerprint density at radius 3 is 2.72 bits per heavy atom. The Hall–Kier alpha value is -2.71. The minimum Gasteiger partial charge on any atom is -0.337 e. The van der Waals surface area contributed by atoms with Crippen molar-refractivity contribution in [3.05, 3.63) is 58.3 Å². The van der Waals surface area contributed by atoms with Gasteiger partial charge in [-0.05, 0) is 36.8 Å². The van der Waals surface area contributed by atoms with Crippen LogP contribution < -0.4 is 26.0 Å². The Balaban J connectivity index is 1.30. The molecule has 2 bridgehead atoms. The molecule has 2 saturated heterocycles. The van der Waals surface area contributed by atoms with Gasteiger partial charge in [-0.15, -0.1) is 0 Å². The van der Waals surface area contributed by atoms with E-state index in [2.05, 4.69) is 17.7 Å². The lowest BCUT2D eigenvalue weighted by molar-refractivity contribution is -0.959. The number of benzene rings is 1. The number of amides is 2. The fraction of sp³-hybridized carbons (Fsp3) is 0.500. The predicted octanol–water partition coefficient (Wildman–Crippen LogP) is 0.311. The fourth-order valence-corrected chi connectivity index (χ4v) is 5.90. The number of carbonyl (C=O) groups excluding carboxylic acids is 1. The van der Waals surface area contributed by atoms with Gasteiger partial charge in [0.1, 0.15) is 11.5 Å². The number of halogens is 1. The first-order chi connectivity index (χ1) is 15.5. The van der Waals surface area contributed by atoms with Gasteiger partial charge in [-0.2, -0.15) is 0 Å². The summed E-state index contributed by atoms with van der Waals surface area (Å²) in [5.41, 5.74) is 1.54. The Kier molecular flexibility index (Phi) is 5.73. The van der Waals surface area contributed by atoms with Gasteiger partial charge in [0.05, 0.1) is 39.3 Å². The number of urea groups is 1. The highest BCUT2D eigenvalue weighted by atomic mass is 19.1. The molecule has 32 heavy (non-hydrogen) atoms. The van der Waals surface area contributed by atoms with E-state index in [0.29, 0.717) is 24.1 Å². The third kappa shape index (κ3) is 4.29. The molecule has 2 aromatic rings. The minimum atomic E-state index is -0.552. The second kappa shape index (κ2) is 8.67. The lowest BCUT2D eigenvalue weighted by Crippen LogP contribution is -3.21. The molecule has 4 N–H and O–H groups in total. The largest absolute Gasteiger partial charge is 0.337 e. The van der Waals surface area contributed by atoms with E-state index in [4.69, 9.17) is 0 Å². The van der Waals surface area contributed by atoms with Crippen molar-refractivity contribution in [3.63, 3.8) is 0 Å². The lowest BCUT2D eigenvalue weighted by atomic mass is 9.82. The first-order valence-electron chi connectivity index (χ1n) is 11.7. The highest BCUT2D eigenvalue weighted by molar-refractivity contribution is 5.99. The topological polar surface area (TPSA) is 72.0 Å². The molecule has 170 valence electrons. The van der Waals surface area contributed by atoms with Gasteiger partial charge < -0.3 is 25.0 Å². The fourth-order valence-electron chi connectivity index (χ4n) is 5.90. The van der Waals surface area contributed by atoms with Gasteiger partial charge in [-0.1, -0.05) is 6.07 Å². The number of hydrogen-bond donors (Lipinski definition) is 4. The third-order valence-corrected chi connectivity index (χ3v) is 7.49. The molecule has 0 spiro atoms.